The molecule has 8 saturated carbocycles. The first-order valence-electron chi connectivity index (χ1n) is 42.5. The molecule has 29 atom stereocenters. The van der Waals surface area contributed by atoms with Crippen molar-refractivity contribution in [2.75, 3.05) is 32.7 Å². The third-order valence-electron chi connectivity index (χ3n) is 30.2. The van der Waals surface area contributed by atoms with E-state index in [1.165, 1.54) is 39.2 Å². The monoisotopic (exact) mass is 1510 g/mol. The number of hydrogen-bond acceptors (Lipinski definition) is 18. The van der Waals surface area contributed by atoms with Crippen LogP contribution >= 0.6 is 0 Å². The van der Waals surface area contributed by atoms with Crippen LogP contribution in [0.5, 0.6) is 0 Å². The molecule has 0 aromatic heterocycles. The zero-order valence-corrected chi connectivity index (χ0v) is 65.2. The summed E-state index contributed by atoms with van der Waals surface area (Å²) in [4.78, 5) is 215. The molecule has 20 fully saturated rings. The molecule has 0 N–H and O–H groups in total. The number of fused-ring (bicyclic) bond motifs is 24. The summed E-state index contributed by atoms with van der Waals surface area (Å²) in [5.41, 5.74) is 0. The number of ether oxygens (including phenoxy) is 2. The molecule has 0 spiro atoms. The molecule has 16 amide bonds. The van der Waals surface area contributed by atoms with E-state index in [1.807, 2.05) is 27.7 Å². The highest BCUT2D eigenvalue weighted by molar-refractivity contribution is 6.11. The Morgan fingerprint density at radius 2 is 0.495 bits per heavy atom. The number of nitrogens with zero attached hydrogens (tertiary/aromatic N) is 8. The van der Waals surface area contributed by atoms with Crippen LogP contribution in [0.2, 0.25) is 0 Å². The summed E-state index contributed by atoms with van der Waals surface area (Å²) in [5, 5.41) is 0. The average molecular weight is 1510 g/mol. The molecule has 0 radical (unpaired) electrons. The topological polar surface area (TPSA) is 318 Å². The van der Waals surface area contributed by atoms with Gasteiger partial charge in [0.2, 0.25) is 94.5 Å². The maximum absolute atomic E-state index is 12.9. The normalized spacial score (nSPS) is 42.0. The van der Waals surface area contributed by atoms with Crippen LogP contribution < -0.4 is 0 Å². The van der Waals surface area contributed by atoms with Crippen LogP contribution in [0.25, 0.3) is 0 Å². The summed E-state index contributed by atoms with van der Waals surface area (Å²) in [6.07, 6.45) is 21.1. The first kappa shape index (κ1) is 77.4. The number of amides is 16. The third-order valence-corrected chi connectivity index (χ3v) is 30.2. The Bertz CT molecular complexity index is 3580. The molecule has 29 unspecified atom stereocenters. The number of carbonyl (C=O) groups excluding carboxylic acids is 16. The third kappa shape index (κ3) is 12.5. The molecule has 20 rings (SSSR count). The highest BCUT2D eigenvalue weighted by Crippen LogP contribution is 2.59. The van der Waals surface area contributed by atoms with Gasteiger partial charge in [-0.3, -0.25) is 116 Å². The lowest BCUT2D eigenvalue weighted by Crippen LogP contribution is -2.49. The fourth-order valence-corrected chi connectivity index (χ4v) is 25.3. The van der Waals surface area contributed by atoms with E-state index in [2.05, 4.69) is 13.8 Å². The first-order valence-corrected chi connectivity index (χ1v) is 42.5. The summed E-state index contributed by atoms with van der Waals surface area (Å²) >= 11 is 0. The van der Waals surface area contributed by atoms with Gasteiger partial charge in [0.1, 0.15) is 0 Å². The molecule has 8 aliphatic carbocycles. The van der Waals surface area contributed by atoms with Gasteiger partial charge in [-0.1, -0.05) is 67.2 Å². The van der Waals surface area contributed by atoms with Crippen molar-refractivity contribution in [3.05, 3.63) is 0 Å². The lowest BCUT2D eigenvalue weighted by atomic mass is 9.76. The molecule has 12 saturated heterocycles. The van der Waals surface area contributed by atoms with Gasteiger partial charge in [-0.25, -0.2) is 0 Å². The van der Waals surface area contributed by atoms with Crippen LogP contribution in [0.1, 0.15) is 216 Å². The summed E-state index contributed by atoms with van der Waals surface area (Å²) in [7, 11) is 0. The Morgan fingerprint density at radius 1 is 0.257 bits per heavy atom. The van der Waals surface area contributed by atoms with E-state index in [4.69, 9.17) is 9.47 Å². The maximum atomic E-state index is 12.9. The summed E-state index contributed by atoms with van der Waals surface area (Å²) in [6.45, 7) is 18.3. The van der Waals surface area contributed by atoms with E-state index in [0.29, 0.717) is 35.5 Å². The number of likely N-dealkylation sites (tertiary alicyclic amines) is 8. The van der Waals surface area contributed by atoms with E-state index < -0.39 is 18.1 Å². The summed E-state index contributed by atoms with van der Waals surface area (Å²) in [6, 6.07) is -1.39. The Labute approximate surface area is 638 Å². The van der Waals surface area contributed by atoms with Gasteiger partial charge in [0.25, 0.3) is 0 Å². The van der Waals surface area contributed by atoms with Crippen LogP contribution in [0.15, 0.2) is 0 Å². The molecular formula is C83H114N8O18. The second-order valence-electron chi connectivity index (χ2n) is 35.9. The predicted octanol–water partition coefficient (Wildman–Crippen LogP) is 6.74. The van der Waals surface area contributed by atoms with E-state index in [1.54, 1.807) is 20.8 Å². The van der Waals surface area contributed by atoms with Gasteiger partial charge < -0.3 is 9.47 Å². The Kier molecular flexibility index (Phi) is 21.4. The van der Waals surface area contributed by atoms with Gasteiger partial charge in [0, 0.05) is 32.7 Å². The second kappa shape index (κ2) is 30.2. The van der Waals surface area contributed by atoms with Crippen molar-refractivity contribution >= 4 is 94.5 Å². The number of carbonyl (C=O) groups is 16. The van der Waals surface area contributed by atoms with Crippen molar-refractivity contribution in [2.45, 2.75) is 259 Å². The quantitative estimate of drug-likeness (QED) is 0.182. The molecule has 0 aromatic rings. The molecule has 8 bridgehead atoms. The smallest absolute Gasteiger partial charge is 0.236 e. The van der Waals surface area contributed by atoms with Crippen molar-refractivity contribution in [1.29, 1.82) is 0 Å². The summed E-state index contributed by atoms with van der Waals surface area (Å²) in [5.74, 6) is -2.96. The minimum absolute atomic E-state index is 0.0495. The largest absolute Gasteiger partial charge is 0.373 e. The predicted molar refractivity (Wildman–Crippen MR) is 386 cm³/mol. The Morgan fingerprint density at radius 3 is 0.826 bits per heavy atom. The molecule has 0 aromatic carbocycles. The number of rotatable bonds is 12. The van der Waals surface area contributed by atoms with Crippen molar-refractivity contribution in [2.24, 2.45) is 130 Å². The van der Waals surface area contributed by atoms with Gasteiger partial charge in [0.05, 0.1) is 137 Å². The fraction of sp³-hybridized carbons (Fsp3) is 0.807. The van der Waals surface area contributed by atoms with Gasteiger partial charge in [-0.15, -0.1) is 0 Å². The van der Waals surface area contributed by atoms with E-state index >= 15 is 0 Å². The van der Waals surface area contributed by atoms with Crippen LogP contribution in [0, 0.1) is 130 Å². The number of imide groups is 8. The van der Waals surface area contributed by atoms with Gasteiger partial charge in [0.15, 0.2) is 0 Å². The molecule has 20 aliphatic rings. The van der Waals surface area contributed by atoms with Crippen LogP contribution in [-0.4, -0.2) is 209 Å². The molecule has 12 heterocycles. The van der Waals surface area contributed by atoms with E-state index in [0.717, 1.165) is 154 Å². The molecule has 12 aliphatic heterocycles. The standard InChI is InChI=1S/C21H30N2O4.C20H24N2O4.C19H22N2O6.C19H26N2O4.2C2H6/c1-11-4-6-14-16(8-11)19(25)22(18(14)24)10-13(3)23-20(26)15-7-5-12(2)9-17(15)21(23)27;23-17-13-9-1-2-10(7-9)14(13)18(24)21(17)5-6-22-19(25)15-11-3-4-12(8-11)16(15)20(22)26;1-7(21-18(24)14-10-4-5-11(27-10)15(14)19(21)25)6-20-16(22)12-8-2-3-9(26-8)13(12)17(20)23;1-11(21-18(24)14-8-4-5-9-15(14)19(21)25)10-20-16(22)12-6-2-3-7-13(12)17(20)23;2*1-2/h11-17H,4-10H2,1-3H3;9-16H,1-8H2;7-15H,2-6H2,1H3;11-15H,2-10H2,1H3;2*1-2H3. The molecule has 109 heavy (non-hydrogen) atoms. The zero-order chi connectivity index (χ0) is 77.5. The van der Waals surface area contributed by atoms with Crippen molar-refractivity contribution in [3.8, 4) is 0 Å². The lowest BCUT2D eigenvalue weighted by molar-refractivity contribution is -0.150. The Hall–Kier alpha value is -6.96. The van der Waals surface area contributed by atoms with Gasteiger partial charge in [-0.05, 0) is 185 Å². The van der Waals surface area contributed by atoms with Crippen LogP contribution in [-0.2, 0) is 86.2 Å². The van der Waals surface area contributed by atoms with Crippen LogP contribution in [0.3, 0.4) is 0 Å². The van der Waals surface area contributed by atoms with E-state index in [-0.39, 0.29) is 246 Å². The maximum Gasteiger partial charge on any atom is 0.236 e. The number of hydrogen-bond donors (Lipinski definition) is 0. The molecule has 594 valence electrons. The van der Waals surface area contributed by atoms with Crippen molar-refractivity contribution < 1.29 is 86.2 Å². The Balaban J connectivity index is 0.000000114. The molecular weight excluding hydrogens is 1400 g/mol. The first-order chi connectivity index (χ1) is 52.3. The van der Waals surface area contributed by atoms with Crippen molar-refractivity contribution in [3.63, 3.8) is 0 Å². The van der Waals surface area contributed by atoms with Gasteiger partial charge in [-0.2, -0.15) is 0 Å². The summed E-state index contributed by atoms with van der Waals surface area (Å²) < 4.78 is 11.5. The molecule has 26 heteroatoms. The van der Waals surface area contributed by atoms with Gasteiger partial charge >= 0.3 is 0 Å². The lowest BCUT2D eigenvalue weighted by Gasteiger charge is -2.28. The van der Waals surface area contributed by atoms with Crippen molar-refractivity contribution in [1.82, 2.24) is 39.2 Å². The van der Waals surface area contributed by atoms with Crippen LogP contribution in [0.4, 0.5) is 0 Å². The minimum atomic E-state index is -0.514. The minimum Gasteiger partial charge on any atom is -0.373 e. The SMILES string of the molecule is CC.CC.CC(CN1C(=O)C2C3CCC(O3)C2C1=O)N1C(=O)C2C3CCC(O3)C2C1=O.CC(CN1C(=O)C2CCCCC2C1=O)N1C(=O)C2CCCCC2C1=O.CC1CCC2C(=O)N(CC(C)N3C(=O)C4CCC(C)CC4C3=O)C(=O)C2C1.O=C1C2C3CCC(C3)C2C(=O)N1CCN1C(=O)C2C3CCC(C3)C2C1=O. The second-order valence-corrected chi connectivity index (χ2v) is 35.9. The highest BCUT2D eigenvalue weighted by Gasteiger charge is 2.68. The average Bonchev–Trinajstić information content (AvgIpc) is 1.58. The molecule has 26 nitrogen and oxygen atoms in total. The zero-order valence-electron chi connectivity index (χ0n) is 65.2. The fourth-order valence-electron chi connectivity index (χ4n) is 25.3. The highest BCUT2D eigenvalue weighted by atomic mass is 16.5. The van der Waals surface area contributed by atoms with E-state index in [9.17, 15) is 76.7 Å².